The van der Waals surface area contributed by atoms with Crippen LogP contribution < -0.4 is 15.8 Å². The van der Waals surface area contributed by atoms with E-state index in [2.05, 4.69) is 12.2 Å². The van der Waals surface area contributed by atoms with Gasteiger partial charge >= 0.3 is 0 Å². The number of rotatable bonds is 6. The number of nitrogens with two attached hydrogens (primary N) is 1. The topological polar surface area (TPSA) is 64.4 Å². The highest BCUT2D eigenvalue weighted by Crippen LogP contribution is 2.30. The molecule has 1 amide bonds. The summed E-state index contributed by atoms with van der Waals surface area (Å²) in [7, 11) is 0. The average molecular weight is 290 g/mol. The lowest BCUT2D eigenvalue weighted by atomic mass is 9.76. The number of para-hydroxylation sites is 1. The van der Waals surface area contributed by atoms with Crippen LogP contribution in [0.15, 0.2) is 30.3 Å². The lowest BCUT2D eigenvalue weighted by Crippen LogP contribution is -2.56. The van der Waals surface area contributed by atoms with E-state index in [4.69, 9.17) is 10.5 Å². The van der Waals surface area contributed by atoms with Gasteiger partial charge in [0.2, 0.25) is 5.91 Å². The Morgan fingerprint density at radius 2 is 2.19 bits per heavy atom. The van der Waals surface area contributed by atoms with E-state index in [9.17, 15) is 4.79 Å². The van der Waals surface area contributed by atoms with Crippen molar-refractivity contribution < 1.29 is 9.53 Å². The summed E-state index contributed by atoms with van der Waals surface area (Å²) in [5.41, 5.74) is 5.59. The number of hydrogen-bond donors (Lipinski definition) is 2. The zero-order valence-corrected chi connectivity index (χ0v) is 12.8. The lowest BCUT2D eigenvalue weighted by Gasteiger charge is -2.35. The summed E-state index contributed by atoms with van der Waals surface area (Å²) in [6.45, 7) is 3.37. The molecular weight excluding hydrogens is 264 g/mol. The van der Waals surface area contributed by atoms with E-state index >= 15 is 0 Å². The van der Waals surface area contributed by atoms with Crippen molar-refractivity contribution in [2.75, 3.05) is 13.2 Å². The molecule has 1 fully saturated rings. The Kier molecular flexibility index (Phi) is 5.62. The van der Waals surface area contributed by atoms with Crippen LogP contribution in [0, 0.1) is 5.92 Å². The monoisotopic (exact) mass is 290 g/mol. The van der Waals surface area contributed by atoms with Crippen LogP contribution in [0.1, 0.15) is 39.0 Å². The van der Waals surface area contributed by atoms with Crippen molar-refractivity contribution in [2.24, 2.45) is 11.7 Å². The SMILES string of the molecule is CC1CCCC(N)(C(=O)NCCCOc2ccccc2)C1. The molecule has 0 bridgehead atoms. The van der Waals surface area contributed by atoms with Crippen LogP contribution in [0.2, 0.25) is 0 Å². The molecular formula is C17H26N2O2. The fraction of sp³-hybridized carbons (Fsp3) is 0.588. The molecule has 1 aromatic rings. The first-order chi connectivity index (χ1) is 10.1. The molecule has 0 radical (unpaired) electrons. The maximum Gasteiger partial charge on any atom is 0.240 e. The standard InChI is InChI=1S/C17H26N2O2/c1-14-7-5-10-17(18,13-14)16(20)19-11-6-12-21-15-8-3-2-4-9-15/h2-4,8-9,14H,5-7,10-13,18H2,1H3,(H,19,20). The molecule has 2 unspecified atom stereocenters. The predicted octanol–water partition coefficient (Wildman–Crippen LogP) is 2.48. The van der Waals surface area contributed by atoms with Crippen LogP contribution in [0.3, 0.4) is 0 Å². The molecule has 4 nitrogen and oxygen atoms in total. The molecule has 0 heterocycles. The van der Waals surface area contributed by atoms with Crippen molar-refractivity contribution in [1.82, 2.24) is 5.32 Å². The minimum absolute atomic E-state index is 0.00578. The van der Waals surface area contributed by atoms with E-state index in [0.717, 1.165) is 31.4 Å². The largest absolute Gasteiger partial charge is 0.494 e. The van der Waals surface area contributed by atoms with Crippen LogP contribution in [0.5, 0.6) is 5.75 Å². The molecule has 21 heavy (non-hydrogen) atoms. The third kappa shape index (κ3) is 4.74. The minimum atomic E-state index is -0.669. The van der Waals surface area contributed by atoms with Crippen molar-refractivity contribution in [3.63, 3.8) is 0 Å². The number of carbonyl (C=O) groups excluding carboxylic acids is 1. The molecule has 1 saturated carbocycles. The Morgan fingerprint density at radius 3 is 2.90 bits per heavy atom. The van der Waals surface area contributed by atoms with Crippen molar-refractivity contribution in [1.29, 1.82) is 0 Å². The molecule has 1 aromatic carbocycles. The maximum atomic E-state index is 12.2. The van der Waals surface area contributed by atoms with E-state index in [1.807, 2.05) is 30.3 Å². The van der Waals surface area contributed by atoms with Crippen molar-refractivity contribution in [3.8, 4) is 5.75 Å². The van der Waals surface area contributed by atoms with Gasteiger partial charge < -0.3 is 15.8 Å². The van der Waals surface area contributed by atoms with Crippen LogP contribution in [-0.4, -0.2) is 24.6 Å². The van der Waals surface area contributed by atoms with Gasteiger partial charge in [-0.05, 0) is 37.3 Å². The fourth-order valence-corrected chi connectivity index (χ4v) is 2.96. The zero-order valence-electron chi connectivity index (χ0n) is 12.8. The Morgan fingerprint density at radius 1 is 1.43 bits per heavy atom. The van der Waals surface area contributed by atoms with Crippen molar-refractivity contribution in [2.45, 2.75) is 44.6 Å². The van der Waals surface area contributed by atoms with Gasteiger partial charge in [0, 0.05) is 6.54 Å². The van der Waals surface area contributed by atoms with Crippen LogP contribution >= 0.6 is 0 Å². The first kappa shape index (κ1) is 15.8. The smallest absolute Gasteiger partial charge is 0.240 e. The molecule has 1 aliphatic rings. The number of ether oxygens (including phenoxy) is 1. The first-order valence-corrected chi connectivity index (χ1v) is 7.85. The van der Waals surface area contributed by atoms with Gasteiger partial charge in [-0.25, -0.2) is 0 Å². The van der Waals surface area contributed by atoms with Gasteiger partial charge in [-0.2, -0.15) is 0 Å². The van der Waals surface area contributed by atoms with Gasteiger partial charge in [0.25, 0.3) is 0 Å². The Hall–Kier alpha value is -1.55. The van der Waals surface area contributed by atoms with Gasteiger partial charge in [-0.1, -0.05) is 38.0 Å². The molecule has 1 aliphatic carbocycles. The van der Waals surface area contributed by atoms with E-state index in [1.54, 1.807) is 0 Å². The first-order valence-electron chi connectivity index (χ1n) is 7.85. The summed E-state index contributed by atoms with van der Waals surface area (Å²) >= 11 is 0. The molecule has 116 valence electrons. The molecule has 0 saturated heterocycles. The Labute approximate surface area is 127 Å². The number of carbonyl (C=O) groups is 1. The summed E-state index contributed by atoms with van der Waals surface area (Å²) in [4.78, 5) is 12.2. The molecule has 0 aromatic heterocycles. The van der Waals surface area contributed by atoms with Crippen molar-refractivity contribution >= 4 is 5.91 Å². The Balaban J connectivity index is 1.65. The van der Waals surface area contributed by atoms with Gasteiger partial charge in [-0.3, -0.25) is 4.79 Å². The van der Waals surface area contributed by atoms with E-state index in [0.29, 0.717) is 19.1 Å². The summed E-state index contributed by atoms with van der Waals surface area (Å²) < 4.78 is 5.59. The highest BCUT2D eigenvalue weighted by atomic mass is 16.5. The Bertz CT molecular complexity index is 449. The van der Waals surface area contributed by atoms with Crippen LogP contribution in [0.4, 0.5) is 0 Å². The second-order valence-corrected chi connectivity index (χ2v) is 6.13. The highest BCUT2D eigenvalue weighted by molar-refractivity contribution is 5.86. The van der Waals surface area contributed by atoms with Crippen molar-refractivity contribution in [3.05, 3.63) is 30.3 Å². The van der Waals surface area contributed by atoms with Gasteiger partial charge in [0.15, 0.2) is 0 Å². The molecule has 0 aliphatic heterocycles. The third-order valence-electron chi connectivity index (χ3n) is 4.10. The molecule has 0 spiro atoms. The molecule has 2 rings (SSSR count). The summed E-state index contributed by atoms with van der Waals surface area (Å²) in [5.74, 6) is 1.39. The normalized spacial score (nSPS) is 25.3. The second-order valence-electron chi connectivity index (χ2n) is 6.13. The number of amides is 1. The second kappa shape index (κ2) is 7.46. The third-order valence-corrected chi connectivity index (χ3v) is 4.10. The van der Waals surface area contributed by atoms with E-state index < -0.39 is 5.54 Å². The molecule has 3 N–H and O–H groups in total. The van der Waals surface area contributed by atoms with E-state index in [-0.39, 0.29) is 5.91 Å². The number of benzene rings is 1. The van der Waals surface area contributed by atoms with E-state index in [1.165, 1.54) is 6.42 Å². The lowest BCUT2D eigenvalue weighted by molar-refractivity contribution is -0.128. The number of hydrogen-bond acceptors (Lipinski definition) is 3. The zero-order chi connectivity index (χ0) is 15.1. The van der Waals surface area contributed by atoms with Gasteiger partial charge in [-0.15, -0.1) is 0 Å². The fourth-order valence-electron chi connectivity index (χ4n) is 2.96. The average Bonchev–Trinajstić information content (AvgIpc) is 2.47. The van der Waals surface area contributed by atoms with Crippen LogP contribution in [0.25, 0.3) is 0 Å². The van der Waals surface area contributed by atoms with Gasteiger partial charge in [0.1, 0.15) is 5.75 Å². The maximum absolute atomic E-state index is 12.2. The van der Waals surface area contributed by atoms with Crippen LogP contribution in [-0.2, 0) is 4.79 Å². The molecule has 2 atom stereocenters. The summed E-state index contributed by atoms with van der Waals surface area (Å²) in [6, 6.07) is 9.70. The molecule has 4 heteroatoms. The summed E-state index contributed by atoms with van der Waals surface area (Å²) in [6.07, 6.45) is 4.59. The predicted molar refractivity (Wildman–Crippen MR) is 84.1 cm³/mol. The minimum Gasteiger partial charge on any atom is -0.494 e. The quantitative estimate of drug-likeness (QED) is 0.791. The highest BCUT2D eigenvalue weighted by Gasteiger charge is 2.37. The van der Waals surface area contributed by atoms with Gasteiger partial charge in [0.05, 0.1) is 12.1 Å². The number of nitrogens with one attached hydrogen (secondary N) is 1. The summed E-state index contributed by atoms with van der Waals surface area (Å²) in [5, 5.41) is 2.96.